The third-order valence-electron chi connectivity index (χ3n) is 7.22. The first-order valence-corrected chi connectivity index (χ1v) is 11.7. The molecule has 7 N–H and O–H groups in total. The zero-order valence-electron chi connectivity index (χ0n) is 19.8. The van der Waals surface area contributed by atoms with Crippen molar-refractivity contribution in [3.63, 3.8) is 0 Å². The molecule has 0 spiro atoms. The Morgan fingerprint density at radius 1 is 1.00 bits per heavy atom. The number of carboxylic acids is 1. The second kappa shape index (κ2) is 9.49. The second-order valence-corrected chi connectivity index (χ2v) is 9.63. The Morgan fingerprint density at radius 2 is 1.64 bits per heavy atom. The van der Waals surface area contributed by atoms with Gasteiger partial charge < -0.3 is 45.2 Å². The van der Waals surface area contributed by atoms with Crippen molar-refractivity contribution in [2.45, 2.75) is 82.3 Å². The predicted octanol–water partition coefficient (Wildman–Crippen LogP) is 1.34. The number of carboxylic acid groups (broad SMARTS) is 1. The molecule has 2 aliphatic rings. The van der Waals surface area contributed by atoms with Crippen LogP contribution in [0.2, 0.25) is 0 Å². The van der Waals surface area contributed by atoms with Gasteiger partial charge >= 0.3 is 5.97 Å². The summed E-state index contributed by atoms with van der Waals surface area (Å²) in [6.07, 6.45) is -5.46. The third-order valence-corrected chi connectivity index (χ3v) is 7.22. The van der Waals surface area contributed by atoms with E-state index in [0.29, 0.717) is 12.8 Å². The fourth-order valence-corrected chi connectivity index (χ4v) is 5.28. The van der Waals surface area contributed by atoms with Crippen molar-refractivity contribution in [2.75, 3.05) is 0 Å². The van der Waals surface area contributed by atoms with Gasteiger partial charge in [-0.05, 0) is 38.8 Å². The number of ether oxygens (including phenoxy) is 2. The molecule has 0 unspecified atom stereocenters. The highest BCUT2D eigenvalue weighted by atomic mass is 16.7. The molecule has 1 saturated heterocycles. The molecule has 4 rings (SSSR count). The first kappa shape index (κ1) is 26.1. The van der Waals surface area contributed by atoms with Gasteiger partial charge in [-0.25, -0.2) is 4.79 Å². The average molecular weight is 507 g/mol. The topological polar surface area (TPSA) is 194 Å². The van der Waals surface area contributed by atoms with E-state index < -0.39 is 59.6 Å². The van der Waals surface area contributed by atoms with E-state index in [0.717, 1.165) is 18.6 Å². The smallest absolute Gasteiger partial charge is 0.335 e. The quantitative estimate of drug-likeness (QED) is 0.228. The number of benzene rings is 2. The summed E-state index contributed by atoms with van der Waals surface area (Å²) in [5.74, 6) is -3.34. The summed E-state index contributed by atoms with van der Waals surface area (Å²) in [6.45, 7) is 2.57. The van der Waals surface area contributed by atoms with E-state index in [1.165, 1.54) is 13.8 Å². The molecule has 36 heavy (non-hydrogen) atoms. The van der Waals surface area contributed by atoms with E-state index in [-0.39, 0.29) is 46.1 Å². The van der Waals surface area contributed by atoms with E-state index >= 15 is 0 Å². The minimum absolute atomic E-state index is 0.0352. The van der Waals surface area contributed by atoms with Crippen molar-refractivity contribution in [3.05, 3.63) is 28.8 Å². The summed E-state index contributed by atoms with van der Waals surface area (Å²) in [5, 5.41) is 73.7. The fraction of sp³-hybridized carbons (Fsp3) is 0.520. The molecule has 1 heterocycles. The van der Waals surface area contributed by atoms with Crippen LogP contribution in [-0.2, 0) is 4.74 Å². The lowest BCUT2D eigenvalue weighted by Crippen LogP contribution is -2.65. The summed E-state index contributed by atoms with van der Waals surface area (Å²) < 4.78 is 11.5. The third kappa shape index (κ3) is 4.27. The lowest BCUT2D eigenvalue weighted by Gasteiger charge is -2.48. The molecular weight excluding hydrogens is 476 g/mol. The molecule has 0 aromatic heterocycles. The van der Waals surface area contributed by atoms with Crippen LogP contribution in [0.1, 0.15) is 65.3 Å². The molecule has 0 radical (unpaired) electrons. The Kier molecular flexibility index (Phi) is 6.88. The van der Waals surface area contributed by atoms with Gasteiger partial charge in [0.15, 0.2) is 5.78 Å². The molecule has 1 aliphatic carbocycles. The van der Waals surface area contributed by atoms with Gasteiger partial charge in [0.05, 0.1) is 22.1 Å². The van der Waals surface area contributed by atoms with Crippen LogP contribution in [-0.4, -0.2) is 83.8 Å². The van der Waals surface area contributed by atoms with Crippen molar-refractivity contribution in [1.82, 2.24) is 0 Å². The largest absolute Gasteiger partial charge is 0.507 e. The van der Waals surface area contributed by atoms with Gasteiger partial charge in [0.1, 0.15) is 41.7 Å². The molecule has 0 amide bonds. The maximum atomic E-state index is 12.2. The Hall–Kier alpha value is -2.96. The van der Waals surface area contributed by atoms with Crippen molar-refractivity contribution in [2.24, 2.45) is 0 Å². The maximum absolute atomic E-state index is 12.2. The van der Waals surface area contributed by atoms with Crippen LogP contribution in [0.3, 0.4) is 0 Å². The van der Waals surface area contributed by atoms with Gasteiger partial charge in [-0.3, -0.25) is 4.79 Å². The number of ketones is 1. The maximum Gasteiger partial charge on any atom is 0.335 e. The van der Waals surface area contributed by atoms with E-state index in [2.05, 4.69) is 0 Å². The molecule has 196 valence electrons. The van der Waals surface area contributed by atoms with Crippen LogP contribution in [0.25, 0.3) is 10.8 Å². The van der Waals surface area contributed by atoms with Crippen LogP contribution >= 0.6 is 0 Å². The number of aliphatic hydroxyl groups is 4. The first-order chi connectivity index (χ1) is 16.9. The summed E-state index contributed by atoms with van der Waals surface area (Å²) in [5.41, 5.74) is -2.00. The van der Waals surface area contributed by atoms with Crippen LogP contribution in [0.15, 0.2) is 12.1 Å². The van der Waals surface area contributed by atoms with Gasteiger partial charge in [0.25, 0.3) is 0 Å². The molecule has 0 bridgehead atoms. The van der Waals surface area contributed by atoms with Crippen LogP contribution in [0.5, 0.6) is 17.2 Å². The Bertz CT molecular complexity index is 1200. The van der Waals surface area contributed by atoms with Crippen LogP contribution in [0, 0.1) is 6.92 Å². The van der Waals surface area contributed by atoms with Gasteiger partial charge in [-0.1, -0.05) is 19.3 Å². The lowest BCUT2D eigenvalue weighted by atomic mass is 9.76. The molecule has 2 fully saturated rings. The standard InChI is InChI=1S/C25H30O11/c1-10-15(11(2)26)18(28)16-13(17(10)27)8-12(23(32)33)9-14(16)35-24-21(31)19(29)20(30)22(36-24)25(34)6-4-3-5-7-25/h8-9,19-22,24,27-31,34H,3-7H2,1-2H3,(H,32,33)/t19-,20-,21+,22-,24-/m0/s1. The van der Waals surface area contributed by atoms with Crippen LogP contribution < -0.4 is 4.74 Å². The van der Waals surface area contributed by atoms with E-state index in [1.807, 2.05) is 0 Å². The summed E-state index contributed by atoms with van der Waals surface area (Å²) in [4.78, 5) is 23.9. The molecule has 2 aromatic carbocycles. The molecule has 11 nitrogen and oxygen atoms in total. The molecule has 1 saturated carbocycles. The molecule has 2 aromatic rings. The summed E-state index contributed by atoms with van der Waals surface area (Å²) >= 11 is 0. The van der Waals surface area contributed by atoms with E-state index in [1.54, 1.807) is 0 Å². The number of aliphatic hydroxyl groups excluding tert-OH is 3. The number of phenols is 2. The fourth-order valence-electron chi connectivity index (χ4n) is 5.28. The monoisotopic (exact) mass is 506 g/mol. The number of hydrogen-bond donors (Lipinski definition) is 7. The Labute approximate surface area is 206 Å². The SMILES string of the molecule is CC(=O)c1c(C)c(O)c2cc(C(=O)O)cc(O[C@H]3O[C@H](C4(O)CCCCC4)[C@@H](O)[C@H](O)[C@H]3O)c2c1O. The van der Waals surface area contributed by atoms with Crippen molar-refractivity contribution in [1.29, 1.82) is 0 Å². The summed E-state index contributed by atoms with van der Waals surface area (Å²) in [7, 11) is 0. The normalized spacial score (nSPS) is 28.1. The number of rotatable bonds is 5. The number of phenolic OH excluding ortho intramolecular Hbond substituents is 2. The zero-order chi connectivity index (χ0) is 26.5. The number of Topliss-reactive ketones (excluding diaryl/α,β-unsaturated/α-hetero) is 1. The number of aromatic carboxylic acids is 1. The lowest BCUT2D eigenvalue weighted by molar-refractivity contribution is -0.308. The van der Waals surface area contributed by atoms with Crippen molar-refractivity contribution >= 4 is 22.5 Å². The Morgan fingerprint density at radius 3 is 2.22 bits per heavy atom. The van der Waals surface area contributed by atoms with Crippen molar-refractivity contribution in [3.8, 4) is 17.2 Å². The highest BCUT2D eigenvalue weighted by Gasteiger charge is 2.53. The second-order valence-electron chi connectivity index (χ2n) is 9.63. The molecule has 11 heteroatoms. The zero-order valence-corrected chi connectivity index (χ0v) is 19.8. The summed E-state index contributed by atoms with van der Waals surface area (Å²) in [6, 6.07) is 2.11. The predicted molar refractivity (Wildman–Crippen MR) is 124 cm³/mol. The van der Waals surface area contributed by atoms with Gasteiger partial charge in [-0.2, -0.15) is 0 Å². The minimum atomic E-state index is -1.82. The molecule has 1 aliphatic heterocycles. The number of fused-ring (bicyclic) bond motifs is 1. The van der Waals surface area contributed by atoms with Gasteiger partial charge in [0, 0.05) is 10.9 Å². The number of hydrogen-bond acceptors (Lipinski definition) is 10. The minimum Gasteiger partial charge on any atom is -0.507 e. The van der Waals surface area contributed by atoms with Crippen LogP contribution in [0.4, 0.5) is 0 Å². The van der Waals surface area contributed by atoms with Gasteiger partial charge in [-0.15, -0.1) is 0 Å². The highest BCUT2D eigenvalue weighted by Crippen LogP contribution is 2.46. The van der Waals surface area contributed by atoms with Gasteiger partial charge in [0.2, 0.25) is 6.29 Å². The van der Waals surface area contributed by atoms with E-state index in [4.69, 9.17) is 9.47 Å². The first-order valence-electron chi connectivity index (χ1n) is 11.7. The number of carbonyl (C=O) groups is 2. The number of carbonyl (C=O) groups excluding carboxylic acids is 1. The molecular formula is C25H30O11. The highest BCUT2D eigenvalue weighted by molar-refractivity contribution is 6.11. The van der Waals surface area contributed by atoms with Crippen molar-refractivity contribution < 1.29 is 54.8 Å². The Balaban J connectivity index is 1.84. The number of aromatic hydroxyl groups is 2. The molecule has 5 atom stereocenters. The average Bonchev–Trinajstić information content (AvgIpc) is 2.82. The van der Waals surface area contributed by atoms with E-state index in [9.17, 15) is 45.3 Å².